The number of nitrogens with one attached hydrogen (secondary N) is 1. The van der Waals surface area contributed by atoms with Gasteiger partial charge < -0.3 is 10.8 Å². The quantitative estimate of drug-likeness (QED) is 0.396. The zero-order chi connectivity index (χ0) is 10.7. The number of hydrogen-bond donors (Lipinski definition) is 3. The summed E-state index contributed by atoms with van der Waals surface area (Å²) >= 11 is 1.54. The molecular weight excluding hydrogens is 214 g/mol. The summed E-state index contributed by atoms with van der Waals surface area (Å²) in [5.41, 5.74) is 6.20. The zero-order valence-electron chi connectivity index (χ0n) is 7.97. The first-order chi connectivity index (χ1) is 7.31. The van der Waals surface area contributed by atoms with Crippen LogP contribution in [0.5, 0.6) is 0 Å². The third kappa shape index (κ3) is 2.18. The number of H-pyrrole nitrogens is 1. The number of aromatic nitrogens is 4. The van der Waals surface area contributed by atoms with E-state index in [9.17, 15) is 0 Å². The summed E-state index contributed by atoms with van der Waals surface area (Å²) in [5, 5.41) is 17.0. The molecule has 6 nitrogen and oxygen atoms in total. The molecule has 0 bridgehead atoms. The summed E-state index contributed by atoms with van der Waals surface area (Å²) < 4.78 is 0. The third-order valence-electron chi connectivity index (χ3n) is 1.83. The van der Waals surface area contributed by atoms with Crippen molar-refractivity contribution >= 4 is 28.7 Å². The molecule has 0 aromatic carbocycles. The Balaban J connectivity index is 2.27. The van der Waals surface area contributed by atoms with Gasteiger partial charge in [0.1, 0.15) is 5.03 Å². The molecule has 2 heterocycles. The number of hydrogen-bond acceptors (Lipinski definition) is 6. The molecule has 2 rings (SSSR count). The van der Waals surface area contributed by atoms with E-state index < -0.39 is 0 Å². The lowest BCUT2D eigenvalue weighted by Crippen LogP contribution is -1.97. The van der Waals surface area contributed by atoms with E-state index in [0.29, 0.717) is 5.65 Å². The lowest BCUT2D eigenvalue weighted by Gasteiger charge is -2.01. The predicted octanol–water partition coefficient (Wildman–Crippen LogP) is 0.410. The Labute approximate surface area is 90.3 Å². The van der Waals surface area contributed by atoms with Gasteiger partial charge in [-0.3, -0.25) is 5.10 Å². The number of fused-ring (bicyclic) bond motifs is 1. The number of nitrogen functional groups attached to an aromatic ring is 1. The van der Waals surface area contributed by atoms with Gasteiger partial charge in [-0.05, 0) is 6.42 Å². The van der Waals surface area contributed by atoms with Crippen molar-refractivity contribution in [2.45, 2.75) is 11.4 Å². The predicted molar refractivity (Wildman–Crippen MR) is 58.5 cm³/mol. The van der Waals surface area contributed by atoms with E-state index in [0.717, 1.165) is 22.6 Å². The number of aromatic amines is 1. The fourth-order valence-corrected chi connectivity index (χ4v) is 2.10. The van der Waals surface area contributed by atoms with Crippen LogP contribution in [-0.2, 0) is 0 Å². The van der Waals surface area contributed by atoms with Gasteiger partial charge in [0.25, 0.3) is 0 Å². The molecule has 7 heteroatoms. The van der Waals surface area contributed by atoms with Crippen LogP contribution in [0.3, 0.4) is 0 Å². The number of rotatable bonds is 4. The smallest absolute Gasteiger partial charge is 0.223 e. The van der Waals surface area contributed by atoms with E-state index in [1.165, 1.54) is 0 Å². The van der Waals surface area contributed by atoms with Crippen LogP contribution in [0, 0.1) is 0 Å². The molecule has 2 aromatic heterocycles. The Hall–Kier alpha value is -1.34. The highest BCUT2D eigenvalue weighted by molar-refractivity contribution is 7.99. The standard InChI is InChI=1S/C8H11N5OS/c9-8-11-6-5(4-10-13-6)7(12-8)15-3-1-2-14/h4,14H,1-3H2,(H3,9,10,11,12,13). The summed E-state index contributed by atoms with van der Waals surface area (Å²) in [6.07, 6.45) is 2.41. The second kappa shape index (κ2) is 4.45. The van der Waals surface area contributed by atoms with Gasteiger partial charge in [0.15, 0.2) is 5.65 Å². The van der Waals surface area contributed by atoms with Crippen LogP contribution in [0.25, 0.3) is 11.0 Å². The number of nitrogens with two attached hydrogens (primary N) is 1. The van der Waals surface area contributed by atoms with Crippen LogP contribution in [0.2, 0.25) is 0 Å². The minimum absolute atomic E-state index is 0.183. The molecule has 0 fully saturated rings. The molecule has 0 spiro atoms. The van der Waals surface area contributed by atoms with E-state index in [4.69, 9.17) is 10.8 Å². The molecule has 0 aliphatic heterocycles. The molecule has 15 heavy (non-hydrogen) atoms. The Morgan fingerprint density at radius 3 is 3.13 bits per heavy atom. The molecule has 2 aromatic rings. The highest BCUT2D eigenvalue weighted by Crippen LogP contribution is 2.24. The van der Waals surface area contributed by atoms with Crippen LogP contribution < -0.4 is 5.73 Å². The average molecular weight is 225 g/mol. The molecule has 0 aliphatic carbocycles. The van der Waals surface area contributed by atoms with E-state index >= 15 is 0 Å². The molecule has 0 saturated heterocycles. The summed E-state index contributed by atoms with van der Waals surface area (Å²) in [5.74, 6) is 1.03. The van der Waals surface area contributed by atoms with Crippen molar-refractivity contribution in [3.63, 3.8) is 0 Å². The molecule has 0 atom stereocenters. The van der Waals surface area contributed by atoms with Crippen molar-refractivity contribution in [1.82, 2.24) is 20.2 Å². The summed E-state index contributed by atoms with van der Waals surface area (Å²) in [6.45, 7) is 0.183. The first kappa shape index (κ1) is 10.2. The van der Waals surface area contributed by atoms with Gasteiger partial charge in [-0.2, -0.15) is 10.1 Å². The van der Waals surface area contributed by atoms with E-state index in [1.54, 1.807) is 18.0 Å². The van der Waals surface area contributed by atoms with Gasteiger partial charge in [0.2, 0.25) is 5.95 Å². The number of nitrogens with zero attached hydrogens (tertiary/aromatic N) is 3. The van der Waals surface area contributed by atoms with E-state index in [2.05, 4.69) is 20.2 Å². The molecule has 0 amide bonds. The number of thioether (sulfide) groups is 1. The van der Waals surface area contributed by atoms with Crippen LogP contribution >= 0.6 is 11.8 Å². The highest BCUT2D eigenvalue weighted by Gasteiger charge is 2.07. The van der Waals surface area contributed by atoms with E-state index in [1.807, 2.05) is 0 Å². The number of aliphatic hydroxyl groups excluding tert-OH is 1. The van der Waals surface area contributed by atoms with Gasteiger partial charge >= 0.3 is 0 Å². The van der Waals surface area contributed by atoms with Crippen LogP contribution in [0.4, 0.5) is 5.95 Å². The summed E-state index contributed by atoms with van der Waals surface area (Å²) in [6, 6.07) is 0. The Bertz CT molecular complexity index is 457. The van der Waals surface area contributed by atoms with Crippen LogP contribution in [-0.4, -0.2) is 37.6 Å². The third-order valence-corrected chi connectivity index (χ3v) is 2.91. The topological polar surface area (TPSA) is 101 Å². The summed E-state index contributed by atoms with van der Waals surface area (Å²) in [7, 11) is 0. The molecule has 0 unspecified atom stereocenters. The molecule has 80 valence electrons. The van der Waals surface area contributed by atoms with Crippen molar-refractivity contribution < 1.29 is 5.11 Å². The van der Waals surface area contributed by atoms with Crippen molar-refractivity contribution in [3.8, 4) is 0 Å². The first-order valence-electron chi connectivity index (χ1n) is 4.51. The monoisotopic (exact) mass is 225 g/mol. The molecule has 0 saturated carbocycles. The highest BCUT2D eigenvalue weighted by atomic mass is 32.2. The molecular formula is C8H11N5OS. The normalized spacial score (nSPS) is 11.0. The van der Waals surface area contributed by atoms with Crippen molar-refractivity contribution in [3.05, 3.63) is 6.20 Å². The van der Waals surface area contributed by atoms with Crippen LogP contribution in [0.1, 0.15) is 6.42 Å². The van der Waals surface area contributed by atoms with Crippen molar-refractivity contribution in [2.24, 2.45) is 0 Å². The molecule has 0 radical (unpaired) electrons. The Morgan fingerprint density at radius 1 is 1.47 bits per heavy atom. The zero-order valence-corrected chi connectivity index (χ0v) is 8.79. The van der Waals surface area contributed by atoms with Crippen LogP contribution in [0.15, 0.2) is 11.2 Å². The maximum Gasteiger partial charge on any atom is 0.223 e. The van der Waals surface area contributed by atoms with Gasteiger partial charge in [0, 0.05) is 12.4 Å². The summed E-state index contributed by atoms with van der Waals surface area (Å²) in [4.78, 5) is 8.14. The van der Waals surface area contributed by atoms with Gasteiger partial charge in [-0.25, -0.2) is 4.98 Å². The Morgan fingerprint density at radius 2 is 2.33 bits per heavy atom. The number of aliphatic hydroxyl groups is 1. The van der Waals surface area contributed by atoms with Gasteiger partial charge in [-0.15, -0.1) is 11.8 Å². The lowest BCUT2D eigenvalue weighted by molar-refractivity contribution is 0.296. The maximum atomic E-state index is 8.68. The Kier molecular flexibility index (Phi) is 3.02. The van der Waals surface area contributed by atoms with Crippen molar-refractivity contribution in [2.75, 3.05) is 18.1 Å². The fourth-order valence-electron chi connectivity index (χ4n) is 1.17. The number of anilines is 1. The van der Waals surface area contributed by atoms with E-state index in [-0.39, 0.29) is 12.6 Å². The SMILES string of the molecule is Nc1nc(SCCCO)c2cn[nH]c2n1. The minimum Gasteiger partial charge on any atom is -0.396 e. The lowest BCUT2D eigenvalue weighted by atomic mass is 10.4. The largest absolute Gasteiger partial charge is 0.396 e. The second-order valence-corrected chi connectivity index (χ2v) is 4.03. The fraction of sp³-hybridized carbons (Fsp3) is 0.375. The molecule has 4 N–H and O–H groups in total. The molecule has 0 aliphatic rings. The van der Waals surface area contributed by atoms with Crippen molar-refractivity contribution in [1.29, 1.82) is 0 Å². The first-order valence-corrected chi connectivity index (χ1v) is 5.50. The van der Waals surface area contributed by atoms with Gasteiger partial charge in [0.05, 0.1) is 11.6 Å². The van der Waals surface area contributed by atoms with Gasteiger partial charge in [-0.1, -0.05) is 0 Å². The second-order valence-electron chi connectivity index (χ2n) is 2.94. The average Bonchev–Trinajstić information content (AvgIpc) is 2.65. The maximum absolute atomic E-state index is 8.68. The minimum atomic E-state index is 0.183.